The van der Waals surface area contributed by atoms with Crippen LogP contribution in [-0.2, 0) is 6.18 Å². The number of aromatic nitrogens is 1. The van der Waals surface area contributed by atoms with Gasteiger partial charge in [-0.15, -0.1) is 11.8 Å². The smallest absolute Gasteiger partial charge is 0.383 e. The van der Waals surface area contributed by atoms with Gasteiger partial charge in [0.15, 0.2) is 0 Å². The minimum Gasteiger partial charge on any atom is -0.383 e. The summed E-state index contributed by atoms with van der Waals surface area (Å²) in [7, 11) is 0. The minimum absolute atomic E-state index is 0.0387. The second-order valence-corrected chi connectivity index (χ2v) is 5.32. The van der Waals surface area contributed by atoms with Crippen LogP contribution in [-0.4, -0.2) is 17.3 Å². The zero-order valence-electron chi connectivity index (χ0n) is 9.60. The third-order valence-corrected chi connectivity index (χ3v) is 4.00. The third kappa shape index (κ3) is 2.07. The molecule has 0 fully saturated rings. The summed E-state index contributed by atoms with van der Waals surface area (Å²) in [6.45, 7) is 0.604. The van der Waals surface area contributed by atoms with Crippen LogP contribution >= 0.6 is 11.8 Å². The van der Waals surface area contributed by atoms with Gasteiger partial charge in [0.2, 0.25) is 5.56 Å². The van der Waals surface area contributed by atoms with Gasteiger partial charge in [0.25, 0.3) is 0 Å². The molecule has 2 heterocycles. The Morgan fingerprint density at radius 3 is 2.79 bits per heavy atom. The molecule has 2 aromatic rings. The zero-order chi connectivity index (χ0) is 13.6. The maximum atomic E-state index is 13.1. The summed E-state index contributed by atoms with van der Waals surface area (Å²) in [6.07, 6.45) is -4.55. The van der Waals surface area contributed by atoms with Crippen molar-refractivity contribution in [1.29, 1.82) is 0 Å². The lowest BCUT2D eigenvalue weighted by atomic mass is 10.1. The summed E-state index contributed by atoms with van der Waals surface area (Å²) in [6, 6.07) is 3.86. The molecule has 0 amide bonds. The van der Waals surface area contributed by atoms with Crippen LogP contribution in [0.4, 0.5) is 18.9 Å². The van der Waals surface area contributed by atoms with Crippen molar-refractivity contribution in [1.82, 2.24) is 4.98 Å². The highest BCUT2D eigenvalue weighted by Gasteiger charge is 2.35. The van der Waals surface area contributed by atoms with Gasteiger partial charge in [0.1, 0.15) is 0 Å². The number of thioether (sulfide) groups is 1. The average Bonchev–Trinajstić information content (AvgIpc) is 2.36. The molecular formula is C12H9F3N2OS. The zero-order valence-corrected chi connectivity index (χ0v) is 10.4. The van der Waals surface area contributed by atoms with Crippen molar-refractivity contribution in [3.05, 3.63) is 34.1 Å². The third-order valence-electron chi connectivity index (χ3n) is 2.94. The van der Waals surface area contributed by atoms with Crippen molar-refractivity contribution >= 4 is 28.4 Å². The van der Waals surface area contributed by atoms with E-state index in [2.05, 4.69) is 10.3 Å². The van der Waals surface area contributed by atoms with Gasteiger partial charge in [0.05, 0.1) is 16.8 Å². The predicted molar refractivity (Wildman–Crippen MR) is 68.8 cm³/mol. The number of H-pyrrole nitrogens is 1. The van der Waals surface area contributed by atoms with E-state index < -0.39 is 17.3 Å². The molecule has 0 radical (unpaired) electrons. The number of hydrogen-bond donors (Lipinski definition) is 2. The first-order chi connectivity index (χ1) is 8.97. The normalized spacial score (nSPS) is 15.1. The number of rotatable bonds is 0. The topological polar surface area (TPSA) is 44.9 Å². The summed E-state index contributed by atoms with van der Waals surface area (Å²) in [5, 5.41) is 3.03. The molecule has 3 rings (SSSR count). The quantitative estimate of drug-likeness (QED) is 0.782. The van der Waals surface area contributed by atoms with E-state index in [0.29, 0.717) is 18.3 Å². The van der Waals surface area contributed by atoms with Crippen molar-refractivity contribution in [2.75, 3.05) is 17.6 Å². The maximum Gasteiger partial charge on any atom is 0.417 e. The van der Waals surface area contributed by atoms with E-state index in [9.17, 15) is 18.0 Å². The van der Waals surface area contributed by atoms with E-state index >= 15 is 0 Å². The van der Waals surface area contributed by atoms with Crippen LogP contribution in [0.2, 0.25) is 0 Å². The standard InChI is InChI=1S/C12H9F3N2OS/c13-12(14,15)6-5-9(18)17-7-1-2-8-11(10(6)7)16-3-4-19-8/h1-2,5,16H,3-4H2,(H,17,18). The largest absolute Gasteiger partial charge is 0.417 e. The highest BCUT2D eigenvalue weighted by atomic mass is 32.2. The molecule has 1 aromatic carbocycles. The molecule has 1 aliphatic rings. The Labute approximate surface area is 110 Å². The fraction of sp³-hybridized carbons (Fsp3) is 0.250. The van der Waals surface area contributed by atoms with E-state index in [0.717, 1.165) is 10.6 Å². The van der Waals surface area contributed by atoms with Gasteiger partial charge in [-0.05, 0) is 12.1 Å². The van der Waals surface area contributed by atoms with Crippen molar-refractivity contribution in [2.45, 2.75) is 11.1 Å². The van der Waals surface area contributed by atoms with E-state index in [1.807, 2.05) is 0 Å². The van der Waals surface area contributed by atoms with Gasteiger partial charge in [-0.1, -0.05) is 0 Å². The van der Waals surface area contributed by atoms with Gasteiger partial charge in [-0.3, -0.25) is 4.79 Å². The van der Waals surface area contributed by atoms with Gasteiger partial charge >= 0.3 is 6.18 Å². The number of nitrogens with one attached hydrogen (secondary N) is 2. The number of hydrogen-bond acceptors (Lipinski definition) is 3. The molecule has 0 aliphatic carbocycles. The van der Waals surface area contributed by atoms with Crippen molar-refractivity contribution in [2.24, 2.45) is 0 Å². The Morgan fingerprint density at radius 1 is 1.26 bits per heavy atom. The second kappa shape index (κ2) is 4.19. The number of halogens is 3. The lowest BCUT2D eigenvalue weighted by molar-refractivity contribution is -0.136. The molecule has 7 heteroatoms. The molecule has 0 atom stereocenters. The number of benzene rings is 1. The highest BCUT2D eigenvalue weighted by molar-refractivity contribution is 7.99. The minimum atomic E-state index is -4.55. The van der Waals surface area contributed by atoms with Crippen LogP contribution in [0.25, 0.3) is 10.9 Å². The lowest BCUT2D eigenvalue weighted by Crippen LogP contribution is -2.17. The SMILES string of the molecule is O=c1cc(C(F)(F)F)c2c3c(ccc2[nH]1)SCCN3. The molecule has 1 aliphatic heterocycles. The monoisotopic (exact) mass is 286 g/mol. The number of fused-ring (bicyclic) bond motifs is 3. The molecule has 0 saturated heterocycles. The Kier molecular flexibility index (Phi) is 2.74. The molecule has 2 N–H and O–H groups in total. The van der Waals surface area contributed by atoms with E-state index in [1.165, 1.54) is 17.8 Å². The molecule has 19 heavy (non-hydrogen) atoms. The first-order valence-electron chi connectivity index (χ1n) is 5.61. The molecule has 0 unspecified atom stereocenters. The van der Waals surface area contributed by atoms with Crippen LogP contribution < -0.4 is 10.9 Å². The molecule has 0 spiro atoms. The van der Waals surface area contributed by atoms with E-state index in [4.69, 9.17) is 0 Å². The highest BCUT2D eigenvalue weighted by Crippen LogP contribution is 2.42. The summed E-state index contributed by atoms with van der Waals surface area (Å²) in [5.41, 5.74) is -0.979. The van der Waals surface area contributed by atoms with Crippen LogP contribution in [0.3, 0.4) is 0 Å². The van der Waals surface area contributed by atoms with Crippen molar-refractivity contribution in [3.8, 4) is 0 Å². The summed E-state index contributed by atoms with van der Waals surface area (Å²) in [4.78, 5) is 14.6. The summed E-state index contributed by atoms with van der Waals surface area (Å²) in [5.74, 6) is 0.809. The number of anilines is 1. The molecule has 0 saturated carbocycles. The van der Waals surface area contributed by atoms with Gasteiger partial charge < -0.3 is 10.3 Å². The molecule has 100 valence electrons. The fourth-order valence-electron chi connectivity index (χ4n) is 2.20. The molecule has 1 aromatic heterocycles. The van der Waals surface area contributed by atoms with Crippen LogP contribution in [0, 0.1) is 0 Å². The number of alkyl halides is 3. The van der Waals surface area contributed by atoms with Crippen LogP contribution in [0.1, 0.15) is 5.56 Å². The van der Waals surface area contributed by atoms with E-state index in [1.54, 1.807) is 6.07 Å². The van der Waals surface area contributed by atoms with Crippen LogP contribution in [0.5, 0.6) is 0 Å². The lowest BCUT2D eigenvalue weighted by Gasteiger charge is -2.21. The Morgan fingerprint density at radius 2 is 2.05 bits per heavy atom. The number of pyridine rings is 1. The van der Waals surface area contributed by atoms with Crippen molar-refractivity contribution in [3.63, 3.8) is 0 Å². The predicted octanol–water partition coefficient (Wildman–Crippen LogP) is 3.06. The molecular weight excluding hydrogens is 277 g/mol. The Bertz CT molecular complexity index is 708. The number of aromatic amines is 1. The van der Waals surface area contributed by atoms with Gasteiger partial charge in [0, 0.05) is 28.6 Å². The maximum absolute atomic E-state index is 13.1. The van der Waals surface area contributed by atoms with Crippen molar-refractivity contribution < 1.29 is 13.2 Å². The molecule has 0 bridgehead atoms. The Balaban J connectivity index is 2.44. The van der Waals surface area contributed by atoms with Crippen LogP contribution in [0.15, 0.2) is 27.9 Å². The summed E-state index contributed by atoms with van der Waals surface area (Å²) < 4.78 is 39.2. The van der Waals surface area contributed by atoms with Gasteiger partial charge in [-0.25, -0.2) is 0 Å². The Hall–Kier alpha value is -1.63. The first-order valence-corrected chi connectivity index (χ1v) is 6.59. The molecule has 3 nitrogen and oxygen atoms in total. The average molecular weight is 286 g/mol. The fourth-order valence-corrected chi connectivity index (χ4v) is 3.10. The second-order valence-electron chi connectivity index (χ2n) is 4.18. The summed E-state index contributed by atoms with van der Waals surface area (Å²) >= 11 is 1.51. The van der Waals surface area contributed by atoms with E-state index in [-0.39, 0.29) is 10.9 Å². The first kappa shape index (κ1) is 12.4. The van der Waals surface area contributed by atoms with Gasteiger partial charge in [-0.2, -0.15) is 13.2 Å².